The van der Waals surface area contributed by atoms with Crippen LogP contribution >= 0.6 is 0 Å². The van der Waals surface area contributed by atoms with Crippen molar-refractivity contribution in [1.82, 2.24) is 0 Å². The maximum absolute atomic E-state index is 13.4. The molecule has 0 aliphatic heterocycles. The lowest BCUT2D eigenvalue weighted by Crippen LogP contribution is -2.40. The first-order valence-electron chi connectivity index (χ1n) is 6.61. The van der Waals surface area contributed by atoms with Gasteiger partial charge in [0.05, 0.1) is 0 Å². The van der Waals surface area contributed by atoms with Gasteiger partial charge in [0.15, 0.2) is 11.6 Å². The van der Waals surface area contributed by atoms with Crippen molar-refractivity contribution in [2.45, 2.75) is 18.6 Å². The summed E-state index contributed by atoms with van der Waals surface area (Å²) in [6.45, 7) is -0.156. The summed E-state index contributed by atoms with van der Waals surface area (Å²) >= 11 is 0. The predicted molar refractivity (Wildman–Crippen MR) is 76.0 cm³/mol. The molecule has 0 amide bonds. The summed E-state index contributed by atoms with van der Waals surface area (Å²) in [5.74, 6) is -1.60. The number of nitrogens with two attached hydrogens (primary N) is 1. The second kappa shape index (κ2) is 7.15. The van der Waals surface area contributed by atoms with Crippen LogP contribution < -0.4 is 10.5 Å². The zero-order valence-electron chi connectivity index (χ0n) is 11.4. The van der Waals surface area contributed by atoms with Crippen molar-refractivity contribution in [2.24, 2.45) is 5.73 Å². The number of aliphatic hydroxyl groups excluding tert-OH is 1. The van der Waals surface area contributed by atoms with Gasteiger partial charge in [0, 0.05) is 12.1 Å². The monoisotopic (exact) mass is 293 g/mol. The summed E-state index contributed by atoms with van der Waals surface area (Å²) in [5, 5.41) is 9.94. The molecule has 0 radical (unpaired) electrons. The van der Waals surface area contributed by atoms with Crippen molar-refractivity contribution in [3.05, 3.63) is 65.7 Å². The van der Waals surface area contributed by atoms with Crippen LogP contribution in [0.5, 0.6) is 5.75 Å². The quantitative estimate of drug-likeness (QED) is 0.859. The minimum Gasteiger partial charge on any atom is -0.488 e. The first-order chi connectivity index (χ1) is 10.1. The van der Waals surface area contributed by atoms with E-state index in [0.717, 1.165) is 17.7 Å². The van der Waals surface area contributed by atoms with Crippen molar-refractivity contribution in [3.63, 3.8) is 0 Å². The third-order valence-electron chi connectivity index (χ3n) is 3.11. The first-order valence-corrected chi connectivity index (χ1v) is 6.61. The molecule has 0 aliphatic rings. The average Bonchev–Trinajstić information content (AvgIpc) is 2.47. The maximum Gasteiger partial charge on any atom is 0.167 e. The Morgan fingerprint density at radius 1 is 1.10 bits per heavy atom. The molecule has 2 rings (SSSR count). The Labute approximate surface area is 122 Å². The SMILES string of the molecule is NC(Cc1ccccc1)C(O)COc1ccc(F)cc1F. The van der Waals surface area contributed by atoms with Gasteiger partial charge in [-0.15, -0.1) is 0 Å². The fourth-order valence-corrected chi connectivity index (χ4v) is 1.91. The normalized spacial score (nSPS) is 13.7. The summed E-state index contributed by atoms with van der Waals surface area (Å²) in [6, 6.07) is 12.0. The van der Waals surface area contributed by atoms with E-state index in [4.69, 9.17) is 10.5 Å². The number of rotatable bonds is 6. The molecule has 2 unspecified atom stereocenters. The molecule has 21 heavy (non-hydrogen) atoms. The largest absolute Gasteiger partial charge is 0.488 e. The van der Waals surface area contributed by atoms with Crippen molar-refractivity contribution >= 4 is 0 Å². The average molecular weight is 293 g/mol. The molecular formula is C16H17F2NO2. The molecular weight excluding hydrogens is 276 g/mol. The van der Waals surface area contributed by atoms with Crippen LogP contribution in [0.25, 0.3) is 0 Å². The standard InChI is InChI=1S/C16H17F2NO2/c17-12-6-7-16(13(18)9-12)21-10-15(20)14(19)8-11-4-2-1-3-5-11/h1-7,9,14-15,20H,8,10,19H2. The molecule has 0 fully saturated rings. The van der Waals surface area contributed by atoms with Crippen LogP contribution in [-0.2, 0) is 6.42 Å². The second-order valence-electron chi connectivity index (χ2n) is 4.81. The lowest BCUT2D eigenvalue weighted by atomic mass is 10.0. The van der Waals surface area contributed by atoms with Gasteiger partial charge in [-0.3, -0.25) is 0 Å². The summed E-state index contributed by atoms with van der Waals surface area (Å²) < 4.78 is 31.3. The number of hydrogen-bond acceptors (Lipinski definition) is 3. The molecule has 3 N–H and O–H groups in total. The highest BCUT2D eigenvalue weighted by Gasteiger charge is 2.17. The molecule has 112 valence electrons. The molecule has 2 atom stereocenters. The topological polar surface area (TPSA) is 55.5 Å². The van der Waals surface area contributed by atoms with Crippen molar-refractivity contribution in [2.75, 3.05) is 6.61 Å². The van der Waals surface area contributed by atoms with E-state index in [9.17, 15) is 13.9 Å². The van der Waals surface area contributed by atoms with Crippen LogP contribution in [-0.4, -0.2) is 23.9 Å². The minimum absolute atomic E-state index is 0.109. The van der Waals surface area contributed by atoms with Gasteiger partial charge in [-0.1, -0.05) is 30.3 Å². The smallest absolute Gasteiger partial charge is 0.167 e. The Morgan fingerprint density at radius 2 is 1.81 bits per heavy atom. The molecule has 3 nitrogen and oxygen atoms in total. The molecule has 0 saturated heterocycles. The van der Waals surface area contributed by atoms with Crippen LogP contribution in [0.2, 0.25) is 0 Å². The summed E-state index contributed by atoms with van der Waals surface area (Å²) in [7, 11) is 0. The van der Waals surface area contributed by atoms with Crippen LogP contribution in [0.4, 0.5) is 8.78 Å². The van der Waals surface area contributed by atoms with Gasteiger partial charge in [0.25, 0.3) is 0 Å². The molecule has 0 aliphatic carbocycles. The first kappa shape index (κ1) is 15.4. The van der Waals surface area contributed by atoms with Crippen molar-refractivity contribution in [3.8, 4) is 5.75 Å². The van der Waals surface area contributed by atoms with Gasteiger partial charge in [-0.2, -0.15) is 0 Å². The Hall–Kier alpha value is -1.98. The lowest BCUT2D eigenvalue weighted by Gasteiger charge is -2.19. The lowest BCUT2D eigenvalue weighted by molar-refractivity contribution is 0.0832. The third kappa shape index (κ3) is 4.51. The summed E-state index contributed by atoms with van der Waals surface area (Å²) in [5.41, 5.74) is 6.89. The number of halogens is 2. The molecule has 2 aromatic carbocycles. The highest BCUT2D eigenvalue weighted by molar-refractivity contribution is 5.24. The van der Waals surface area contributed by atoms with E-state index in [1.165, 1.54) is 6.07 Å². The van der Waals surface area contributed by atoms with Crippen LogP contribution in [0.1, 0.15) is 5.56 Å². The Balaban J connectivity index is 1.87. The molecule has 2 aromatic rings. The van der Waals surface area contributed by atoms with Crippen LogP contribution in [0.15, 0.2) is 48.5 Å². The molecule has 0 saturated carbocycles. The van der Waals surface area contributed by atoms with E-state index >= 15 is 0 Å². The molecule has 0 bridgehead atoms. The number of benzene rings is 2. The molecule has 5 heteroatoms. The van der Waals surface area contributed by atoms with E-state index in [0.29, 0.717) is 6.42 Å². The molecule has 0 heterocycles. The Bertz CT molecular complexity index is 578. The summed E-state index contributed by atoms with van der Waals surface area (Å²) in [6.07, 6.45) is -0.466. The third-order valence-corrected chi connectivity index (χ3v) is 3.11. The van der Waals surface area contributed by atoms with Crippen molar-refractivity contribution in [1.29, 1.82) is 0 Å². The predicted octanol–water partition coefficient (Wildman–Crippen LogP) is 2.27. The van der Waals surface area contributed by atoms with Crippen LogP contribution in [0.3, 0.4) is 0 Å². The van der Waals surface area contributed by atoms with Gasteiger partial charge in [-0.25, -0.2) is 8.78 Å². The molecule has 0 aromatic heterocycles. The fraction of sp³-hybridized carbons (Fsp3) is 0.250. The van der Waals surface area contributed by atoms with E-state index in [1.54, 1.807) is 0 Å². The second-order valence-corrected chi connectivity index (χ2v) is 4.81. The minimum atomic E-state index is -0.949. The Morgan fingerprint density at radius 3 is 2.48 bits per heavy atom. The maximum atomic E-state index is 13.4. The zero-order chi connectivity index (χ0) is 15.2. The number of ether oxygens (including phenoxy) is 1. The van der Waals surface area contributed by atoms with Gasteiger partial charge in [0.2, 0.25) is 0 Å². The van der Waals surface area contributed by atoms with Crippen LogP contribution in [0, 0.1) is 11.6 Å². The number of hydrogen-bond donors (Lipinski definition) is 2. The summed E-state index contributed by atoms with van der Waals surface area (Å²) in [4.78, 5) is 0. The van der Waals surface area contributed by atoms with E-state index in [-0.39, 0.29) is 12.4 Å². The van der Waals surface area contributed by atoms with E-state index < -0.39 is 23.8 Å². The van der Waals surface area contributed by atoms with E-state index in [2.05, 4.69) is 0 Å². The van der Waals surface area contributed by atoms with Crippen molar-refractivity contribution < 1.29 is 18.6 Å². The van der Waals surface area contributed by atoms with Gasteiger partial charge < -0.3 is 15.6 Å². The van der Waals surface area contributed by atoms with Gasteiger partial charge in [-0.05, 0) is 24.1 Å². The van der Waals surface area contributed by atoms with Gasteiger partial charge in [0.1, 0.15) is 18.5 Å². The molecule has 0 spiro atoms. The Kier molecular flexibility index (Phi) is 5.25. The van der Waals surface area contributed by atoms with Gasteiger partial charge >= 0.3 is 0 Å². The fourth-order valence-electron chi connectivity index (χ4n) is 1.91. The highest BCUT2D eigenvalue weighted by Crippen LogP contribution is 2.18. The van der Waals surface area contributed by atoms with E-state index in [1.807, 2.05) is 30.3 Å². The highest BCUT2D eigenvalue weighted by atomic mass is 19.1. The number of aliphatic hydroxyl groups is 1. The zero-order valence-corrected chi connectivity index (χ0v) is 11.4.